The molecule has 0 bridgehead atoms. The van der Waals surface area contributed by atoms with Crippen LogP contribution in [0.3, 0.4) is 0 Å². The van der Waals surface area contributed by atoms with Gasteiger partial charge in [-0.15, -0.1) is 0 Å². The summed E-state index contributed by atoms with van der Waals surface area (Å²) in [6.45, 7) is 6.29. The minimum Gasteiger partial charge on any atom is -0.491 e. The lowest BCUT2D eigenvalue weighted by molar-refractivity contribution is 0.217. The third-order valence-electron chi connectivity index (χ3n) is 3.50. The zero-order valence-electron chi connectivity index (χ0n) is 12.8. The van der Waals surface area contributed by atoms with Gasteiger partial charge in [0.15, 0.2) is 0 Å². The van der Waals surface area contributed by atoms with Crippen molar-refractivity contribution in [2.24, 2.45) is 0 Å². The molecule has 0 amide bonds. The highest BCUT2D eigenvalue weighted by atomic mass is 35.5. The van der Waals surface area contributed by atoms with Crippen LogP contribution in [0, 0.1) is 0 Å². The molecule has 2 aromatic carbocycles. The van der Waals surface area contributed by atoms with Gasteiger partial charge in [0.25, 0.3) is 0 Å². The van der Waals surface area contributed by atoms with Crippen molar-refractivity contribution in [3.8, 4) is 5.75 Å². The number of hydrogen-bond donors (Lipinski definition) is 1. The lowest BCUT2D eigenvalue weighted by Crippen LogP contribution is -2.10. The number of halogens is 1. The van der Waals surface area contributed by atoms with E-state index in [0.717, 1.165) is 28.4 Å². The van der Waals surface area contributed by atoms with Crippen LogP contribution < -0.4 is 10.1 Å². The van der Waals surface area contributed by atoms with E-state index in [1.807, 2.05) is 48.5 Å². The average Bonchev–Trinajstić information content (AvgIpc) is 2.47. The monoisotopic (exact) mass is 303 g/mol. The minimum absolute atomic E-state index is 0.137. The van der Waals surface area contributed by atoms with Crippen molar-refractivity contribution < 1.29 is 4.74 Å². The summed E-state index contributed by atoms with van der Waals surface area (Å²) in [7, 11) is 0. The second-order valence-corrected chi connectivity index (χ2v) is 5.66. The number of anilines is 1. The van der Waals surface area contributed by atoms with Crippen LogP contribution in [0.5, 0.6) is 5.75 Å². The fraction of sp³-hybridized carbons (Fsp3) is 0.333. The molecule has 2 unspecified atom stereocenters. The van der Waals surface area contributed by atoms with Crippen LogP contribution in [0.1, 0.15) is 38.8 Å². The summed E-state index contributed by atoms with van der Waals surface area (Å²) in [6, 6.07) is 16.1. The molecule has 1 N–H and O–H groups in total. The van der Waals surface area contributed by atoms with E-state index in [-0.39, 0.29) is 12.1 Å². The molecule has 2 rings (SSSR count). The van der Waals surface area contributed by atoms with Gasteiger partial charge in [-0.25, -0.2) is 0 Å². The van der Waals surface area contributed by atoms with Gasteiger partial charge in [-0.05, 0) is 44.0 Å². The Bertz CT molecular complexity index is 585. The van der Waals surface area contributed by atoms with Crippen LogP contribution in [0.25, 0.3) is 0 Å². The topological polar surface area (TPSA) is 21.3 Å². The first kappa shape index (κ1) is 15.7. The molecule has 0 radical (unpaired) electrons. The van der Waals surface area contributed by atoms with E-state index in [0.29, 0.717) is 0 Å². The number of benzene rings is 2. The smallest absolute Gasteiger partial charge is 0.121 e. The fourth-order valence-corrected chi connectivity index (χ4v) is 2.43. The molecule has 0 aliphatic carbocycles. The van der Waals surface area contributed by atoms with E-state index in [1.54, 1.807) is 0 Å². The Morgan fingerprint density at radius 3 is 2.57 bits per heavy atom. The highest BCUT2D eigenvalue weighted by Crippen LogP contribution is 2.27. The molecule has 0 heterocycles. The Kier molecular flexibility index (Phi) is 5.51. The van der Waals surface area contributed by atoms with Crippen molar-refractivity contribution in [2.75, 3.05) is 5.32 Å². The molecule has 0 aliphatic rings. The predicted octanol–water partition coefficient (Wildman–Crippen LogP) is 5.69. The van der Waals surface area contributed by atoms with Gasteiger partial charge in [-0.3, -0.25) is 0 Å². The summed E-state index contributed by atoms with van der Waals surface area (Å²) in [5.41, 5.74) is 2.12. The van der Waals surface area contributed by atoms with E-state index in [1.165, 1.54) is 0 Å². The van der Waals surface area contributed by atoms with Crippen LogP contribution in [-0.2, 0) is 0 Å². The summed E-state index contributed by atoms with van der Waals surface area (Å²) in [6.07, 6.45) is 1.22. The third-order valence-corrected chi connectivity index (χ3v) is 3.85. The standard InChI is InChI=1S/C18H22ClNO/c1-4-13(2)21-16-9-7-8-15(12-16)20-14(3)17-10-5-6-11-18(17)19/h5-14,20H,4H2,1-3H3. The summed E-state index contributed by atoms with van der Waals surface area (Å²) < 4.78 is 5.85. The summed E-state index contributed by atoms with van der Waals surface area (Å²) in [5, 5.41) is 4.25. The Hall–Kier alpha value is -1.67. The molecule has 0 aromatic heterocycles. The molecule has 2 aromatic rings. The van der Waals surface area contributed by atoms with Crippen molar-refractivity contribution in [1.82, 2.24) is 0 Å². The molecule has 0 aliphatic heterocycles. The largest absolute Gasteiger partial charge is 0.491 e. The van der Waals surface area contributed by atoms with Crippen molar-refractivity contribution in [3.63, 3.8) is 0 Å². The van der Waals surface area contributed by atoms with Crippen LogP contribution in [0.4, 0.5) is 5.69 Å². The Morgan fingerprint density at radius 2 is 1.86 bits per heavy atom. The molecule has 0 spiro atoms. The zero-order chi connectivity index (χ0) is 15.2. The Morgan fingerprint density at radius 1 is 1.10 bits per heavy atom. The lowest BCUT2D eigenvalue weighted by atomic mass is 10.1. The molecule has 2 nitrogen and oxygen atoms in total. The quantitative estimate of drug-likeness (QED) is 0.740. The number of rotatable bonds is 6. The summed E-state index contributed by atoms with van der Waals surface area (Å²) in [5.74, 6) is 0.890. The van der Waals surface area contributed by atoms with Gasteiger partial charge < -0.3 is 10.1 Å². The maximum atomic E-state index is 6.24. The van der Waals surface area contributed by atoms with Crippen LogP contribution in [0.2, 0.25) is 5.02 Å². The highest BCUT2D eigenvalue weighted by molar-refractivity contribution is 6.31. The number of nitrogens with one attached hydrogen (secondary N) is 1. The number of ether oxygens (including phenoxy) is 1. The maximum Gasteiger partial charge on any atom is 0.121 e. The molecule has 2 atom stereocenters. The first-order chi connectivity index (χ1) is 10.1. The molecule has 0 saturated heterocycles. The fourth-order valence-electron chi connectivity index (χ4n) is 2.13. The molecule has 112 valence electrons. The van der Waals surface area contributed by atoms with E-state index in [4.69, 9.17) is 16.3 Å². The van der Waals surface area contributed by atoms with Crippen LogP contribution in [0.15, 0.2) is 48.5 Å². The van der Waals surface area contributed by atoms with Crippen molar-refractivity contribution in [3.05, 3.63) is 59.1 Å². The summed E-state index contributed by atoms with van der Waals surface area (Å²) in [4.78, 5) is 0. The van der Waals surface area contributed by atoms with E-state index in [9.17, 15) is 0 Å². The van der Waals surface area contributed by atoms with Gasteiger partial charge in [-0.1, -0.05) is 42.8 Å². The number of hydrogen-bond acceptors (Lipinski definition) is 2. The first-order valence-corrected chi connectivity index (χ1v) is 7.75. The maximum absolute atomic E-state index is 6.24. The Labute approximate surface area is 132 Å². The average molecular weight is 304 g/mol. The molecule has 0 saturated carbocycles. The van der Waals surface area contributed by atoms with Crippen LogP contribution >= 0.6 is 11.6 Å². The van der Waals surface area contributed by atoms with Crippen molar-refractivity contribution in [1.29, 1.82) is 0 Å². The molecule has 3 heteroatoms. The molecular weight excluding hydrogens is 282 g/mol. The second-order valence-electron chi connectivity index (χ2n) is 5.25. The van der Waals surface area contributed by atoms with Gasteiger partial charge in [-0.2, -0.15) is 0 Å². The highest BCUT2D eigenvalue weighted by Gasteiger charge is 2.09. The predicted molar refractivity (Wildman–Crippen MR) is 90.3 cm³/mol. The zero-order valence-corrected chi connectivity index (χ0v) is 13.5. The van der Waals surface area contributed by atoms with Crippen LogP contribution in [-0.4, -0.2) is 6.10 Å². The molecule has 0 fully saturated rings. The lowest BCUT2D eigenvalue weighted by Gasteiger charge is -2.18. The van der Waals surface area contributed by atoms with Crippen molar-refractivity contribution >= 4 is 17.3 Å². The van der Waals surface area contributed by atoms with Gasteiger partial charge in [0.1, 0.15) is 5.75 Å². The third kappa shape index (κ3) is 4.40. The van der Waals surface area contributed by atoms with Gasteiger partial charge in [0.2, 0.25) is 0 Å². The first-order valence-electron chi connectivity index (χ1n) is 7.37. The Balaban J connectivity index is 2.09. The van der Waals surface area contributed by atoms with E-state index in [2.05, 4.69) is 26.1 Å². The van der Waals surface area contributed by atoms with Gasteiger partial charge >= 0.3 is 0 Å². The van der Waals surface area contributed by atoms with E-state index >= 15 is 0 Å². The summed E-state index contributed by atoms with van der Waals surface area (Å²) >= 11 is 6.24. The SMILES string of the molecule is CCC(C)Oc1cccc(NC(C)c2ccccc2Cl)c1. The molecular formula is C18H22ClNO. The van der Waals surface area contributed by atoms with E-state index < -0.39 is 0 Å². The molecule has 21 heavy (non-hydrogen) atoms. The minimum atomic E-state index is 0.137. The normalized spacial score (nSPS) is 13.5. The van der Waals surface area contributed by atoms with Gasteiger partial charge in [0, 0.05) is 22.8 Å². The van der Waals surface area contributed by atoms with Gasteiger partial charge in [0.05, 0.1) is 6.10 Å². The van der Waals surface area contributed by atoms with Crippen molar-refractivity contribution in [2.45, 2.75) is 39.3 Å². The second kappa shape index (κ2) is 7.37.